The molecule has 2 aromatic rings. The molecule has 2 aromatic carbocycles. The Hall–Kier alpha value is -3.19. The van der Waals surface area contributed by atoms with E-state index in [1.54, 1.807) is 24.3 Å². The van der Waals surface area contributed by atoms with Gasteiger partial charge < -0.3 is 4.74 Å². The first kappa shape index (κ1) is 19.1. The van der Waals surface area contributed by atoms with Crippen LogP contribution in [0, 0.1) is 10.1 Å². The summed E-state index contributed by atoms with van der Waals surface area (Å²) in [4.78, 5) is 37.4. The summed E-state index contributed by atoms with van der Waals surface area (Å²) >= 11 is 5.85. The fourth-order valence-corrected chi connectivity index (χ4v) is 3.75. The molecule has 1 heterocycles. The molecular formula is C21H17ClN2O5. The van der Waals surface area contributed by atoms with Crippen LogP contribution in [0.1, 0.15) is 31.2 Å². The summed E-state index contributed by atoms with van der Waals surface area (Å²) in [5.74, 6) is -0.701. The largest absolute Gasteiger partial charge is 0.482 e. The van der Waals surface area contributed by atoms with Gasteiger partial charge in [-0.2, -0.15) is 0 Å². The highest BCUT2D eigenvalue weighted by atomic mass is 35.5. The van der Waals surface area contributed by atoms with Gasteiger partial charge in [-0.15, -0.1) is 0 Å². The van der Waals surface area contributed by atoms with Crippen LogP contribution in [0.2, 0.25) is 5.02 Å². The van der Waals surface area contributed by atoms with Crippen LogP contribution in [-0.4, -0.2) is 16.7 Å². The molecule has 0 bridgehead atoms. The molecular weight excluding hydrogens is 396 g/mol. The number of carbonyl (C=O) groups is 2. The summed E-state index contributed by atoms with van der Waals surface area (Å²) in [5.41, 5.74) is 1.75. The average molecular weight is 413 g/mol. The Labute approximate surface area is 171 Å². The van der Waals surface area contributed by atoms with Crippen LogP contribution >= 0.6 is 11.6 Å². The van der Waals surface area contributed by atoms with Gasteiger partial charge in [0.15, 0.2) is 5.75 Å². The number of hydrogen-bond donors (Lipinski definition) is 0. The molecule has 4 rings (SSSR count). The van der Waals surface area contributed by atoms with Crippen molar-refractivity contribution in [2.45, 2.75) is 32.3 Å². The molecule has 148 valence electrons. The van der Waals surface area contributed by atoms with Gasteiger partial charge in [-0.1, -0.05) is 23.7 Å². The van der Waals surface area contributed by atoms with E-state index in [2.05, 4.69) is 0 Å². The number of hydrogen-bond acceptors (Lipinski definition) is 5. The molecule has 0 N–H and O–H groups in total. The van der Waals surface area contributed by atoms with Gasteiger partial charge in [-0.25, -0.2) is 4.90 Å². The molecule has 0 atom stereocenters. The maximum atomic E-state index is 12.7. The highest BCUT2D eigenvalue weighted by Crippen LogP contribution is 2.38. The van der Waals surface area contributed by atoms with Crippen molar-refractivity contribution in [1.82, 2.24) is 0 Å². The van der Waals surface area contributed by atoms with E-state index < -0.39 is 4.92 Å². The van der Waals surface area contributed by atoms with Crippen LogP contribution < -0.4 is 9.64 Å². The summed E-state index contributed by atoms with van der Waals surface area (Å²) in [5, 5.41) is 12.2. The maximum absolute atomic E-state index is 12.7. The highest BCUT2D eigenvalue weighted by molar-refractivity contribution is 6.33. The van der Waals surface area contributed by atoms with Crippen molar-refractivity contribution in [2.75, 3.05) is 4.90 Å². The lowest BCUT2D eigenvalue weighted by atomic mass is 9.93. The number of amides is 2. The number of anilines is 1. The van der Waals surface area contributed by atoms with Crippen LogP contribution in [-0.2, 0) is 16.2 Å². The standard InChI is InChI=1S/C21H17ClN2O5/c22-14-7-5-13(6-8-14)12-29-19-10-9-15(11-18(19)24(27)28)23-20(25)16-3-1-2-4-17(16)21(23)26/h5-11H,1-4,12H2. The van der Waals surface area contributed by atoms with E-state index in [0.717, 1.165) is 23.3 Å². The van der Waals surface area contributed by atoms with E-state index in [1.807, 2.05) is 0 Å². The first-order chi connectivity index (χ1) is 14.0. The van der Waals surface area contributed by atoms with Gasteiger partial charge in [0.2, 0.25) is 0 Å². The second-order valence-electron chi connectivity index (χ2n) is 6.93. The molecule has 0 unspecified atom stereocenters. The zero-order valence-corrected chi connectivity index (χ0v) is 16.1. The van der Waals surface area contributed by atoms with Gasteiger partial charge in [0.05, 0.1) is 10.6 Å². The van der Waals surface area contributed by atoms with Crippen LogP contribution in [0.15, 0.2) is 53.6 Å². The fraction of sp³-hybridized carbons (Fsp3) is 0.238. The quantitative estimate of drug-likeness (QED) is 0.407. The first-order valence-corrected chi connectivity index (χ1v) is 9.60. The summed E-state index contributed by atoms with van der Waals surface area (Å²) in [6.45, 7) is 0.120. The van der Waals surface area contributed by atoms with Crippen LogP contribution in [0.25, 0.3) is 0 Å². The highest BCUT2D eigenvalue weighted by Gasteiger charge is 2.40. The van der Waals surface area contributed by atoms with E-state index in [4.69, 9.17) is 16.3 Å². The van der Waals surface area contributed by atoms with Crippen molar-refractivity contribution >= 4 is 34.8 Å². The van der Waals surface area contributed by atoms with E-state index in [0.29, 0.717) is 29.0 Å². The number of nitro groups is 1. The summed E-state index contributed by atoms with van der Waals surface area (Å²) in [6, 6.07) is 11.1. The fourth-order valence-electron chi connectivity index (χ4n) is 3.63. The van der Waals surface area contributed by atoms with Gasteiger partial charge in [0, 0.05) is 22.2 Å². The van der Waals surface area contributed by atoms with Crippen molar-refractivity contribution in [1.29, 1.82) is 0 Å². The predicted molar refractivity (Wildman–Crippen MR) is 107 cm³/mol. The van der Waals surface area contributed by atoms with Gasteiger partial charge in [-0.3, -0.25) is 19.7 Å². The van der Waals surface area contributed by atoms with Gasteiger partial charge in [0.25, 0.3) is 11.8 Å². The van der Waals surface area contributed by atoms with Crippen LogP contribution in [0.3, 0.4) is 0 Å². The first-order valence-electron chi connectivity index (χ1n) is 9.22. The second kappa shape index (κ2) is 7.67. The van der Waals surface area contributed by atoms with Crippen LogP contribution in [0.5, 0.6) is 5.75 Å². The van der Waals surface area contributed by atoms with Crippen LogP contribution in [0.4, 0.5) is 11.4 Å². The van der Waals surface area contributed by atoms with Gasteiger partial charge in [0.1, 0.15) is 6.61 Å². The summed E-state index contributed by atoms with van der Waals surface area (Å²) in [7, 11) is 0. The molecule has 0 saturated heterocycles. The van der Waals surface area contributed by atoms with Gasteiger partial charge >= 0.3 is 5.69 Å². The lowest BCUT2D eigenvalue weighted by molar-refractivity contribution is -0.385. The normalized spacial score (nSPS) is 16.2. The molecule has 0 spiro atoms. The van der Waals surface area contributed by atoms with Crippen molar-refractivity contribution in [3.8, 4) is 5.75 Å². The number of ether oxygens (including phenoxy) is 1. The number of halogens is 1. The van der Waals surface area contributed by atoms with E-state index in [-0.39, 0.29) is 35.5 Å². The molecule has 0 aromatic heterocycles. The lowest BCUT2D eigenvalue weighted by Gasteiger charge is -2.16. The lowest BCUT2D eigenvalue weighted by Crippen LogP contribution is -2.31. The van der Waals surface area contributed by atoms with E-state index in [1.165, 1.54) is 18.2 Å². The minimum atomic E-state index is -0.584. The molecule has 1 aliphatic heterocycles. The topological polar surface area (TPSA) is 89.8 Å². The third-order valence-corrected chi connectivity index (χ3v) is 5.35. The number of imide groups is 1. The maximum Gasteiger partial charge on any atom is 0.313 e. The summed E-state index contributed by atoms with van der Waals surface area (Å²) in [6.07, 6.45) is 2.87. The Morgan fingerprint density at radius 2 is 1.62 bits per heavy atom. The molecule has 0 radical (unpaired) electrons. The number of nitrogens with zero attached hydrogens (tertiary/aromatic N) is 2. The number of nitro benzene ring substituents is 1. The van der Waals surface area contributed by atoms with Crippen molar-refractivity contribution in [2.24, 2.45) is 0 Å². The third-order valence-electron chi connectivity index (χ3n) is 5.10. The second-order valence-corrected chi connectivity index (χ2v) is 7.37. The minimum Gasteiger partial charge on any atom is -0.482 e. The Morgan fingerprint density at radius 1 is 1.00 bits per heavy atom. The molecule has 2 aliphatic rings. The van der Waals surface area contributed by atoms with E-state index >= 15 is 0 Å². The molecule has 29 heavy (non-hydrogen) atoms. The Kier molecular flexibility index (Phi) is 5.07. The summed E-state index contributed by atoms with van der Waals surface area (Å²) < 4.78 is 5.61. The van der Waals surface area contributed by atoms with Gasteiger partial charge in [-0.05, 0) is 55.5 Å². The number of rotatable bonds is 5. The van der Waals surface area contributed by atoms with Crippen molar-refractivity contribution in [3.63, 3.8) is 0 Å². The van der Waals surface area contributed by atoms with E-state index in [9.17, 15) is 19.7 Å². The molecule has 7 nitrogen and oxygen atoms in total. The predicted octanol–water partition coefficient (Wildman–Crippen LogP) is 4.57. The minimum absolute atomic E-state index is 0.0607. The molecule has 8 heteroatoms. The molecule has 0 saturated carbocycles. The average Bonchev–Trinajstić information content (AvgIpc) is 2.98. The monoisotopic (exact) mass is 412 g/mol. The Morgan fingerprint density at radius 3 is 2.21 bits per heavy atom. The van der Waals surface area contributed by atoms with Crippen molar-refractivity contribution in [3.05, 3.63) is 74.3 Å². The Balaban J connectivity index is 1.59. The zero-order valence-electron chi connectivity index (χ0n) is 15.4. The smallest absolute Gasteiger partial charge is 0.313 e. The zero-order chi connectivity index (χ0) is 20.5. The molecule has 0 fully saturated rings. The Bertz CT molecular complexity index is 1020. The third kappa shape index (κ3) is 3.61. The number of carbonyl (C=O) groups excluding carboxylic acids is 2. The molecule has 1 aliphatic carbocycles. The number of benzene rings is 2. The molecule has 2 amide bonds. The van der Waals surface area contributed by atoms with Crippen molar-refractivity contribution < 1.29 is 19.2 Å². The SMILES string of the molecule is O=C1C2=C(CCCC2)C(=O)N1c1ccc(OCc2ccc(Cl)cc2)c([N+](=O)[O-])c1.